The van der Waals surface area contributed by atoms with Crippen molar-refractivity contribution in [2.45, 2.75) is 94.7 Å². The summed E-state index contributed by atoms with van der Waals surface area (Å²) in [6.07, 6.45) is 5.54. The minimum atomic E-state index is -1.26. The molecule has 0 aliphatic carbocycles. The molecule has 3 saturated heterocycles. The van der Waals surface area contributed by atoms with E-state index in [0.717, 1.165) is 18.4 Å². The lowest BCUT2D eigenvalue weighted by Crippen LogP contribution is -2.60. The van der Waals surface area contributed by atoms with Crippen LogP contribution >= 0.6 is 0 Å². The van der Waals surface area contributed by atoms with Gasteiger partial charge in [-0.05, 0) is 50.2 Å². The van der Waals surface area contributed by atoms with Crippen LogP contribution in [0.3, 0.4) is 0 Å². The van der Waals surface area contributed by atoms with Gasteiger partial charge >= 0.3 is 5.97 Å². The van der Waals surface area contributed by atoms with Crippen molar-refractivity contribution in [3.8, 4) is 0 Å². The van der Waals surface area contributed by atoms with Crippen LogP contribution < -0.4 is 5.32 Å². The summed E-state index contributed by atoms with van der Waals surface area (Å²) in [5, 5.41) is 13.7. The number of allylic oxidation sites excluding steroid dienone is 1. The number of aliphatic hydroxyl groups is 1. The number of fused-ring (bicyclic) bond motifs is 1. The summed E-state index contributed by atoms with van der Waals surface area (Å²) >= 11 is 0. The van der Waals surface area contributed by atoms with Crippen LogP contribution in [0, 0.1) is 11.8 Å². The van der Waals surface area contributed by atoms with Crippen molar-refractivity contribution in [1.82, 2.24) is 15.1 Å². The first-order chi connectivity index (χ1) is 24.2. The first-order valence-electron chi connectivity index (χ1n) is 17.9. The van der Waals surface area contributed by atoms with Gasteiger partial charge in [0.2, 0.25) is 17.7 Å². The predicted molar refractivity (Wildman–Crippen MR) is 189 cm³/mol. The molecule has 3 aliphatic rings. The fraction of sp³-hybridized carbons (Fsp3) is 0.500. The van der Waals surface area contributed by atoms with Crippen molar-refractivity contribution in [3.05, 3.63) is 97.1 Å². The summed E-state index contributed by atoms with van der Waals surface area (Å²) in [5.41, 5.74) is 0.341. The maximum absolute atomic E-state index is 14.8. The van der Waals surface area contributed by atoms with E-state index < -0.39 is 53.6 Å². The van der Waals surface area contributed by atoms with E-state index >= 15 is 0 Å². The minimum absolute atomic E-state index is 0.0520. The maximum Gasteiger partial charge on any atom is 0.313 e. The smallest absolute Gasteiger partial charge is 0.313 e. The molecule has 2 N–H and O–H groups in total. The van der Waals surface area contributed by atoms with Crippen molar-refractivity contribution in [1.29, 1.82) is 0 Å². The van der Waals surface area contributed by atoms with E-state index in [-0.39, 0.29) is 44.0 Å². The Kier molecular flexibility index (Phi) is 12.3. The van der Waals surface area contributed by atoms with Gasteiger partial charge in [0.05, 0.1) is 37.1 Å². The molecule has 1 unspecified atom stereocenters. The Balaban J connectivity index is 1.50. The second-order valence-corrected chi connectivity index (χ2v) is 13.7. The normalized spacial score (nSPS) is 25.3. The highest BCUT2D eigenvalue weighted by Crippen LogP contribution is 2.59. The van der Waals surface area contributed by atoms with E-state index in [1.165, 1.54) is 4.90 Å². The van der Waals surface area contributed by atoms with Crippen LogP contribution in [0.1, 0.15) is 69.6 Å². The summed E-state index contributed by atoms with van der Waals surface area (Å²) in [7, 11) is 0. The van der Waals surface area contributed by atoms with Gasteiger partial charge in [0.15, 0.2) is 0 Å². The van der Waals surface area contributed by atoms with E-state index in [1.807, 2.05) is 67.6 Å². The van der Waals surface area contributed by atoms with Crippen molar-refractivity contribution in [2.24, 2.45) is 11.8 Å². The topological polar surface area (TPSA) is 125 Å². The number of likely N-dealkylation sites (tertiary alicyclic amines) is 1. The minimum Gasteiger partial charge on any atom is -0.455 e. The van der Waals surface area contributed by atoms with Gasteiger partial charge in [-0.25, -0.2) is 0 Å². The first-order valence-corrected chi connectivity index (χ1v) is 17.9. The number of nitrogens with one attached hydrogen (secondary N) is 1. The molecule has 3 fully saturated rings. The summed E-state index contributed by atoms with van der Waals surface area (Å²) < 4.78 is 12.9. The Morgan fingerprint density at radius 2 is 1.82 bits per heavy atom. The number of carbonyl (C=O) groups excluding carboxylic acids is 4. The van der Waals surface area contributed by atoms with E-state index in [4.69, 9.17) is 9.47 Å². The lowest BCUT2D eigenvalue weighted by molar-refractivity contribution is -0.161. The number of aliphatic hydroxyl groups excluding tert-OH is 1. The third kappa shape index (κ3) is 7.42. The van der Waals surface area contributed by atoms with Crippen molar-refractivity contribution in [3.63, 3.8) is 0 Å². The van der Waals surface area contributed by atoms with Crippen LogP contribution in [-0.4, -0.2) is 88.1 Å². The van der Waals surface area contributed by atoms with Crippen molar-refractivity contribution < 1.29 is 33.8 Å². The van der Waals surface area contributed by atoms with E-state index in [0.29, 0.717) is 31.2 Å². The highest BCUT2D eigenvalue weighted by Gasteiger charge is 2.75. The van der Waals surface area contributed by atoms with Gasteiger partial charge in [-0.1, -0.05) is 86.2 Å². The van der Waals surface area contributed by atoms with Crippen LogP contribution in [0.4, 0.5) is 0 Å². The Hall–Kier alpha value is -4.28. The molecule has 10 heteroatoms. The largest absolute Gasteiger partial charge is 0.455 e. The number of benzene rings is 2. The Labute approximate surface area is 295 Å². The maximum atomic E-state index is 14.8. The van der Waals surface area contributed by atoms with Crippen LogP contribution in [-0.2, 0) is 35.1 Å². The molecule has 5 rings (SSSR count). The average Bonchev–Trinajstić information content (AvgIpc) is 3.78. The monoisotopic (exact) mass is 685 g/mol. The molecule has 3 amide bonds. The Morgan fingerprint density at radius 3 is 2.46 bits per heavy atom. The van der Waals surface area contributed by atoms with Gasteiger partial charge in [0.1, 0.15) is 17.7 Å². The molecule has 0 aromatic heterocycles. The zero-order valence-corrected chi connectivity index (χ0v) is 29.2. The molecule has 3 heterocycles. The van der Waals surface area contributed by atoms with Crippen molar-refractivity contribution in [2.75, 3.05) is 19.7 Å². The van der Waals surface area contributed by atoms with Gasteiger partial charge in [-0.15, -0.1) is 13.2 Å². The molecule has 268 valence electrons. The first kappa shape index (κ1) is 37.0. The standard InChI is InChI=1S/C40H51N3O7/c1-5-8-20-33(45)41-25-32(29-18-13-10-14-19-29)49-39(48)34-31-21-22-40(50-31)35(34)37(46)43(30(26-44)24-28-16-11-9-12-17-28)36(40)38(47)42(23-7-3)27(4)15-6-2/h5,7,9-14,16-19,27,30-32,34-36,44H,1,3,6,8,15,20-26H2,2,4H3,(H,41,45)/t27?,30-,31-,32+,34+,35+,36-,40+/m1/s1. The van der Waals surface area contributed by atoms with E-state index in [9.17, 15) is 24.3 Å². The molecule has 2 aromatic rings. The van der Waals surface area contributed by atoms with Crippen molar-refractivity contribution >= 4 is 23.7 Å². The predicted octanol–water partition coefficient (Wildman–Crippen LogP) is 4.53. The lowest BCUT2D eigenvalue weighted by atomic mass is 9.70. The molecule has 0 radical (unpaired) electrons. The zero-order chi connectivity index (χ0) is 35.8. The summed E-state index contributed by atoms with van der Waals surface area (Å²) in [5.74, 6) is -3.40. The molecule has 0 saturated carbocycles. The SMILES string of the molecule is C=CCCC(=O)NC[C@H](OC(=O)[C@@H]1[C@H]2C(=O)N([C@@H](CO)Cc3ccccc3)[C@H](C(=O)N(CC=C)C(C)CCC)[C@]23CC[C@H]1O3)c1ccccc1. The summed E-state index contributed by atoms with van der Waals surface area (Å²) in [6.45, 7) is 11.6. The number of nitrogens with zero attached hydrogens (tertiary/aromatic N) is 2. The van der Waals surface area contributed by atoms with Crippen LogP contribution in [0.15, 0.2) is 86.0 Å². The second-order valence-electron chi connectivity index (χ2n) is 13.7. The molecule has 2 aromatic carbocycles. The fourth-order valence-electron chi connectivity index (χ4n) is 8.17. The van der Waals surface area contributed by atoms with Crippen LogP contribution in [0.5, 0.6) is 0 Å². The third-order valence-corrected chi connectivity index (χ3v) is 10.5. The number of hydrogen-bond acceptors (Lipinski definition) is 7. The third-order valence-electron chi connectivity index (χ3n) is 10.5. The average molecular weight is 686 g/mol. The fourth-order valence-corrected chi connectivity index (χ4v) is 8.17. The number of ether oxygens (including phenoxy) is 2. The number of esters is 1. The zero-order valence-electron chi connectivity index (χ0n) is 29.2. The summed E-state index contributed by atoms with van der Waals surface area (Å²) in [4.78, 5) is 59.7. The molecule has 2 bridgehead atoms. The van der Waals surface area contributed by atoms with E-state index in [2.05, 4.69) is 25.4 Å². The quantitative estimate of drug-likeness (QED) is 0.175. The number of hydrogen-bond donors (Lipinski definition) is 2. The van der Waals surface area contributed by atoms with Gasteiger partial charge in [-0.2, -0.15) is 0 Å². The highest BCUT2D eigenvalue weighted by atomic mass is 16.6. The molecular formula is C40H51N3O7. The molecular weight excluding hydrogens is 634 g/mol. The van der Waals surface area contributed by atoms with Gasteiger partial charge < -0.3 is 29.7 Å². The molecule has 3 aliphatic heterocycles. The Morgan fingerprint density at radius 1 is 1.12 bits per heavy atom. The summed E-state index contributed by atoms with van der Waals surface area (Å²) in [6, 6.07) is 16.8. The lowest BCUT2D eigenvalue weighted by Gasteiger charge is -2.41. The number of rotatable bonds is 18. The molecule has 50 heavy (non-hydrogen) atoms. The molecule has 10 nitrogen and oxygen atoms in total. The number of carbonyl (C=O) groups is 4. The second kappa shape index (κ2) is 16.6. The van der Waals surface area contributed by atoms with Gasteiger partial charge in [0, 0.05) is 19.0 Å². The van der Waals surface area contributed by atoms with E-state index in [1.54, 1.807) is 17.1 Å². The van der Waals surface area contributed by atoms with Crippen LogP contribution in [0.25, 0.3) is 0 Å². The highest BCUT2D eigenvalue weighted by molar-refractivity contribution is 5.98. The number of amides is 3. The van der Waals surface area contributed by atoms with Gasteiger partial charge in [-0.3, -0.25) is 19.2 Å². The molecule has 1 spiro atoms. The molecule has 8 atom stereocenters. The Bertz CT molecular complexity index is 1520. The van der Waals surface area contributed by atoms with Gasteiger partial charge in [0.25, 0.3) is 0 Å². The van der Waals surface area contributed by atoms with Crippen LogP contribution in [0.2, 0.25) is 0 Å².